The van der Waals surface area contributed by atoms with Crippen molar-refractivity contribution < 1.29 is 9.18 Å². The van der Waals surface area contributed by atoms with E-state index in [0.29, 0.717) is 17.3 Å². The number of carbonyl (C=O) groups excluding carboxylic acids is 1. The number of rotatable bonds is 4. The molecule has 3 rings (SSSR count). The zero-order chi connectivity index (χ0) is 13.9. The Bertz CT molecular complexity index is 598. The fourth-order valence-electron chi connectivity index (χ4n) is 2.35. The molecule has 0 unspecified atom stereocenters. The fraction of sp³-hybridized carbons (Fsp3) is 0.250. The molecule has 1 aromatic heterocycles. The third kappa shape index (κ3) is 2.69. The smallest absolute Gasteiger partial charge is 0.229 e. The Balaban J connectivity index is 1.61. The molecular formula is C16H15FN2O. The van der Waals surface area contributed by atoms with Crippen molar-refractivity contribution in [3.63, 3.8) is 0 Å². The molecule has 102 valence electrons. The number of anilines is 1. The minimum absolute atomic E-state index is 0.0139. The third-order valence-corrected chi connectivity index (χ3v) is 3.59. The first-order valence-corrected chi connectivity index (χ1v) is 6.64. The molecule has 0 radical (unpaired) electrons. The number of benzene rings is 1. The highest BCUT2D eigenvalue weighted by atomic mass is 19.1. The minimum Gasteiger partial charge on any atom is -0.310 e. The summed E-state index contributed by atoms with van der Waals surface area (Å²) in [6.45, 7) is -0.542. The van der Waals surface area contributed by atoms with Crippen LogP contribution in [0.5, 0.6) is 0 Å². The first-order valence-electron chi connectivity index (χ1n) is 6.64. The summed E-state index contributed by atoms with van der Waals surface area (Å²) >= 11 is 0. The molecule has 1 saturated carbocycles. The maximum Gasteiger partial charge on any atom is 0.229 e. The maximum absolute atomic E-state index is 12.4. The Hall–Kier alpha value is -2.23. The van der Waals surface area contributed by atoms with Crippen molar-refractivity contribution in [2.45, 2.75) is 19.0 Å². The number of halogens is 1. The highest BCUT2D eigenvalue weighted by Gasteiger charge is 2.43. The van der Waals surface area contributed by atoms with Crippen LogP contribution < -0.4 is 5.32 Å². The predicted octanol–water partition coefficient (Wildman–Crippen LogP) is 3.29. The van der Waals surface area contributed by atoms with Crippen LogP contribution in [0.15, 0.2) is 48.7 Å². The summed E-state index contributed by atoms with van der Waals surface area (Å²) in [4.78, 5) is 16.1. The van der Waals surface area contributed by atoms with Gasteiger partial charge in [0.2, 0.25) is 5.91 Å². The molecule has 1 amide bonds. The van der Waals surface area contributed by atoms with Crippen molar-refractivity contribution in [1.29, 1.82) is 0 Å². The van der Waals surface area contributed by atoms with E-state index in [1.54, 1.807) is 12.1 Å². The topological polar surface area (TPSA) is 42.0 Å². The molecule has 0 saturated heterocycles. The van der Waals surface area contributed by atoms with Gasteiger partial charge in [-0.15, -0.1) is 0 Å². The van der Waals surface area contributed by atoms with Gasteiger partial charge in [-0.3, -0.25) is 4.79 Å². The second kappa shape index (κ2) is 5.41. The van der Waals surface area contributed by atoms with E-state index < -0.39 is 6.67 Å². The van der Waals surface area contributed by atoms with Crippen LogP contribution in [0.4, 0.5) is 10.2 Å². The van der Waals surface area contributed by atoms with Crippen molar-refractivity contribution in [1.82, 2.24) is 4.98 Å². The number of carbonyl (C=O) groups is 1. The Morgan fingerprint density at radius 1 is 1.25 bits per heavy atom. The van der Waals surface area contributed by atoms with Crippen LogP contribution in [0.3, 0.4) is 0 Å². The van der Waals surface area contributed by atoms with Gasteiger partial charge in [0.05, 0.1) is 0 Å². The highest BCUT2D eigenvalue weighted by molar-refractivity contribution is 5.94. The van der Waals surface area contributed by atoms with Gasteiger partial charge in [0.25, 0.3) is 0 Å². The standard InChI is InChI=1S/C16H15FN2O/c17-9-11-6-7-15(18-10-11)19-16(20)14-8-13(14)12-4-2-1-3-5-12/h1-7,10,13-14H,8-9H2,(H,18,19,20)/t13-,14+/m0/s1. The zero-order valence-electron chi connectivity index (χ0n) is 10.9. The summed E-state index contributed by atoms with van der Waals surface area (Å²) in [6.07, 6.45) is 2.32. The maximum atomic E-state index is 12.4. The van der Waals surface area contributed by atoms with E-state index in [1.807, 2.05) is 30.3 Å². The molecule has 3 nitrogen and oxygen atoms in total. The van der Waals surface area contributed by atoms with Crippen LogP contribution in [0.25, 0.3) is 0 Å². The Morgan fingerprint density at radius 2 is 2.05 bits per heavy atom. The molecule has 0 bridgehead atoms. The Morgan fingerprint density at radius 3 is 2.70 bits per heavy atom. The summed E-state index contributed by atoms with van der Waals surface area (Å²) in [5.41, 5.74) is 1.71. The largest absolute Gasteiger partial charge is 0.310 e. The minimum atomic E-state index is -0.542. The summed E-state index contributed by atoms with van der Waals surface area (Å²) in [5.74, 6) is 0.784. The van der Waals surface area contributed by atoms with Crippen molar-refractivity contribution in [2.24, 2.45) is 5.92 Å². The summed E-state index contributed by atoms with van der Waals surface area (Å²) in [6, 6.07) is 13.3. The first kappa shape index (κ1) is 12.8. The van der Waals surface area contributed by atoms with Gasteiger partial charge in [-0.1, -0.05) is 36.4 Å². The molecule has 4 heteroatoms. The van der Waals surface area contributed by atoms with Gasteiger partial charge >= 0.3 is 0 Å². The monoisotopic (exact) mass is 270 g/mol. The lowest BCUT2D eigenvalue weighted by Gasteiger charge is -2.04. The SMILES string of the molecule is O=C(Nc1ccc(CF)cn1)[C@@H]1C[C@H]1c1ccccc1. The number of nitrogens with one attached hydrogen (secondary N) is 1. The Kier molecular flexibility index (Phi) is 3.46. The van der Waals surface area contributed by atoms with Crippen molar-refractivity contribution in [2.75, 3.05) is 5.32 Å². The molecule has 1 aromatic carbocycles. The molecule has 1 heterocycles. The molecule has 2 atom stereocenters. The first-order chi connectivity index (χ1) is 9.78. The molecule has 1 fully saturated rings. The number of amides is 1. The van der Waals surface area contributed by atoms with Gasteiger partial charge < -0.3 is 5.32 Å². The number of aromatic nitrogens is 1. The van der Waals surface area contributed by atoms with Gasteiger partial charge in [0.1, 0.15) is 12.5 Å². The van der Waals surface area contributed by atoms with Gasteiger partial charge in [-0.2, -0.15) is 0 Å². The molecule has 0 aliphatic heterocycles. The normalized spacial score (nSPS) is 20.4. The van der Waals surface area contributed by atoms with E-state index in [2.05, 4.69) is 10.3 Å². The van der Waals surface area contributed by atoms with E-state index >= 15 is 0 Å². The average molecular weight is 270 g/mol. The number of hydrogen-bond donors (Lipinski definition) is 1. The third-order valence-electron chi connectivity index (χ3n) is 3.59. The zero-order valence-corrected chi connectivity index (χ0v) is 10.9. The molecule has 2 aromatic rings. The second-order valence-corrected chi connectivity index (χ2v) is 5.03. The van der Waals surface area contributed by atoms with Crippen LogP contribution >= 0.6 is 0 Å². The van der Waals surface area contributed by atoms with Gasteiger partial charge in [-0.25, -0.2) is 9.37 Å². The van der Waals surface area contributed by atoms with Gasteiger partial charge in [-0.05, 0) is 24.0 Å². The molecule has 20 heavy (non-hydrogen) atoms. The number of hydrogen-bond acceptors (Lipinski definition) is 2. The number of nitrogens with zero attached hydrogens (tertiary/aromatic N) is 1. The van der Waals surface area contributed by atoms with Crippen LogP contribution in [0.2, 0.25) is 0 Å². The van der Waals surface area contributed by atoms with Gasteiger partial charge in [0.15, 0.2) is 0 Å². The molecular weight excluding hydrogens is 255 g/mol. The highest BCUT2D eigenvalue weighted by Crippen LogP contribution is 2.47. The molecule has 1 aliphatic carbocycles. The van der Waals surface area contributed by atoms with E-state index in [9.17, 15) is 9.18 Å². The second-order valence-electron chi connectivity index (χ2n) is 5.03. The van der Waals surface area contributed by atoms with Crippen molar-refractivity contribution in [3.8, 4) is 0 Å². The average Bonchev–Trinajstić information content (AvgIpc) is 3.29. The van der Waals surface area contributed by atoms with E-state index in [0.717, 1.165) is 6.42 Å². The Labute approximate surface area is 116 Å². The van der Waals surface area contributed by atoms with Crippen molar-refractivity contribution >= 4 is 11.7 Å². The van der Waals surface area contributed by atoms with E-state index in [4.69, 9.17) is 0 Å². The molecule has 1 aliphatic rings. The quantitative estimate of drug-likeness (QED) is 0.926. The van der Waals surface area contributed by atoms with Crippen LogP contribution in [0, 0.1) is 5.92 Å². The summed E-state index contributed by atoms with van der Waals surface area (Å²) < 4.78 is 12.4. The van der Waals surface area contributed by atoms with Crippen LogP contribution in [0.1, 0.15) is 23.5 Å². The number of alkyl halides is 1. The summed E-state index contributed by atoms with van der Waals surface area (Å²) in [7, 11) is 0. The van der Waals surface area contributed by atoms with Crippen LogP contribution in [-0.2, 0) is 11.5 Å². The lowest BCUT2D eigenvalue weighted by molar-refractivity contribution is -0.117. The van der Waals surface area contributed by atoms with Gasteiger partial charge in [0, 0.05) is 17.7 Å². The van der Waals surface area contributed by atoms with E-state index in [-0.39, 0.29) is 11.8 Å². The predicted molar refractivity (Wildman–Crippen MR) is 75.0 cm³/mol. The van der Waals surface area contributed by atoms with E-state index in [1.165, 1.54) is 11.8 Å². The fourth-order valence-corrected chi connectivity index (χ4v) is 2.35. The molecule has 1 N–H and O–H groups in total. The lowest BCUT2D eigenvalue weighted by atomic mass is 10.1. The summed E-state index contributed by atoms with van der Waals surface area (Å²) in [5, 5.41) is 2.78. The number of pyridine rings is 1. The lowest BCUT2D eigenvalue weighted by Crippen LogP contribution is -2.15. The molecule has 0 spiro atoms. The van der Waals surface area contributed by atoms with Crippen LogP contribution in [-0.4, -0.2) is 10.9 Å². The van der Waals surface area contributed by atoms with Crippen molar-refractivity contribution in [3.05, 3.63) is 59.8 Å².